The molecule has 0 aliphatic carbocycles. The lowest BCUT2D eigenvalue weighted by atomic mass is 10.1. The molecule has 0 radical (unpaired) electrons. The molecule has 2 aromatic rings. The van der Waals surface area contributed by atoms with Gasteiger partial charge in [-0.3, -0.25) is 9.59 Å². The summed E-state index contributed by atoms with van der Waals surface area (Å²) >= 11 is 1.65. The Morgan fingerprint density at radius 1 is 1.23 bits per heavy atom. The van der Waals surface area contributed by atoms with E-state index in [1.807, 2.05) is 43.5 Å². The quantitative estimate of drug-likeness (QED) is 0.615. The molecule has 3 N–H and O–H groups in total. The van der Waals surface area contributed by atoms with E-state index in [-0.39, 0.29) is 36.6 Å². The summed E-state index contributed by atoms with van der Waals surface area (Å²) in [6.07, 6.45) is 2.23. The molecule has 1 saturated heterocycles. The van der Waals surface area contributed by atoms with Crippen LogP contribution in [0.3, 0.4) is 0 Å². The van der Waals surface area contributed by atoms with Crippen molar-refractivity contribution >= 4 is 53.0 Å². The van der Waals surface area contributed by atoms with Crippen molar-refractivity contribution in [1.29, 1.82) is 0 Å². The molecule has 2 aromatic carbocycles. The maximum atomic E-state index is 12.6. The van der Waals surface area contributed by atoms with Crippen LogP contribution < -0.4 is 16.0 Å². The van der Waals surface area contributed by atoms with Crippen LogP contribution in [-0.4, -0.2) is 24.6 Å². The van der Waals surface area contributed by atoms with Gasteiger partial charge in [0.1, 0.15) is 0 Å². The second kappa shape index (κ2) is 8.47. The van der Waals surface area contributed by atoms with E-state index >= 15 is 0 Å². The Labute approximate surface area is 163 Å². The van der Waals surface area contributed by atoms with E-state index in [0.717, 1.165) is 16.1 Å². The van der Waals surface area contributed by atoms with E-state index in [1.54, 1.807) is 28.8 Å². The molecule has 7 heteroatoms. The zero-order valence-electron chi connectivity index (χ0n) is 14.7. The number of nitrogens with one attached hydrogen (secondary N) is 1. The lowest BCUT2D eigenvalue weighted by Crippen LogP contribution is -2.28. The fourth-order valence-electron chi connectivity index (χ4n) is 2.90. The molecule has 138 valence electrons. The topological polar surface area (TPSA) is 75.4 Å². The summed E-state index contributed by atoms with van der Waals surface area (Å²) in [7, 11) is 0. The Balaban J connectivity index is 0.00000243. The summed E-state index contributed by atoms with van der Waals surface area (Å²) in [5.74, 6) is -0.541. The van der Waals surface area contributed by atoms with E-state index < -0.39 is 0 Å². The standard InChI is InChI=1S/C19H21N3O2S.ClH/c1-12-3-4-14(20)10-17(12)21-19(24)13-9-18(23)22(11-13)15-5-7-16(25-2)8-6-15;/h3-8,10,13H,9,11,20H2,1-2H3,(H,21,24);1H. The summed E-state index contributed by atoms with van der Waals surface area (Å²) in [6.45, 7) is 2.30. The average Bonchev–Trinajstić information content (AvgIpc) is 3.00. The molecule has 1 heterocycles. The molecule has 1 fully saturated rings. The van der Waals surface area contributed by atoms with Crippen LogP contribution in [0.1, 0.15) is 12.0 Å². The molecule has 5 nitrogen and oxygen atoms in total. The van der Waals surface area contributed by atoms with Crippen molar-refractivity contribution in [3.8, 4) is 0 Å². The number of nitrogens with two attached hydrogens (primary N) is 1. The van der Waals surface area contributed by atoms with Crippen molar-refractivity contribution in [2.75, 3.05) is 28.8 Å². The Bertz CT molecular complexity index is 811. The first kappa shape index (κ1) is 20.1. The fraction of sp³-hybridized carbons (Fsp3) is 0.263. The minimum absolute atomic E-state index is 0. The molecule has 0 saturated carbocycles. The zero-order chi connectivity index (χ0) is 18.0. The van der Waals surface area contributed by atoms with Gasteiger partial charge in [-0.2, -0.15) is 0 Å². The van der Waals surface area contributed by atoms with Crippen molar-refractivity contribution in [2.24, 2.45) is 5.92 Å². The Kier molecular flexibility index (Phi) is 6.56. The number of carbonyl (C=O) groups is 2. The van der Waals surface area contributed by atoms with Gasteiger partial charge in [0.25, 0.3) is 0 Å². The van der Waals surface area contributed by atoms with Gasteiger partial charge in [0.05, 0.1) is 5.92 Å². The second-order valence-corrected chi connectivity index (χ2v) is 7.05. The molecular formula is C19H22ClN3O2S. The van der Waals surface area contributed by atoms with E-state index in [1.165, 1.54) is 0 Å². The summed E-state index contributed by atoms with van der Waals surface area (Å²) in [5.41, 5.74) is 8.85. The molecule has 1 aliphatic heterocycles. The summed E-state index contributed by atoms with van der Waals surface area (Å²) < 4.78 is 0. The molecule has 1 unspecified atom stereocenters. The van der Waals surface area contributed by atoms with Gasteiger partial charge in [-0.1, -0.05) is 6.07 Å². The number of nitrogen functional groups attached to an aromatic ring is 1. The van der Waals surface area contributed by atoms with E-state index in [2.05, 4.69) is 5.32 Å². The number of halogens is 1. The number of aryl methyl sites for hydroxylation is 1. The van der Waals surface area contributed by atoms with Crippen molar-refractivity contribution in [2.45, 2.75) is 18.2 Å². The van der Waals surface area contributed by atoms with Gasteiger partial charge in [-0.15, -0.1) is 24.2 Å². The van der Waals surface area contributed by atoms with Gasteiger partial charge in [-0.05, 0) is 55.1 Å². The van der Waals surface area contributed by atoms with Crippen LogP contribution in [0.5, 0.6) is 0 Å². The Morgan fingerprint density at radius 3 is 2.58 bits per heavy atom. The number of amides is 2. The van der Waals surface area contributed by atoms with Gasteiger partial charge < -0.3 is 16.0 Å². The SMILES string of the molecule is CSc1ccc(N2CC(C(=O)Nc3cc(N)ccc3C)CC2=O)cc1.Cl. The van der Waals surface area contributed by atoms with E-state index in [9.17, 15) is 9.59 Å². The molecule has 26 heavy (non-hydrogen) atoms. The number of anilines is 3. The minimum Gasteiger partial charge on any atom is -0.399 e. The third-order valence-corrected chi connectivity index (χ3v) is 5.14. The minimum atomic E-state index is -0.367. The lowest BCUT2D eigenvalue weighted by molar-refractivity contribution is -0.122. The lowest BCUT2D eigenvalue weighted by Gasteiger charge is -2.17. The largest absolute Gasteiger partial charge is 0.399 e. The highest BCUT2D eigenvalue weighted by atomic mass is 35.5. The predicted molar refractivity (Wildman–Crippen MR) is 110 cm³/mol. The zero-order valence-corrected chi connectivity index (χ0v) is 16.3. The molecule has 1 atom stereocenters. The summed E-state index contributed by atoms with van der Waals surface area (Å²) in [6, 6.07) is 13.2. The molecule has 1 aliphatic rings. The van der Waals surface area contributed by atoms with E-state index in [4.69, 9.17) is 5.73 Å². The third kappa shape index (κ3) is 4.31. The number of hydrogen-bond acceptors (Lipinski definition) is 4. The number of rotatable bonds is 4. The third-order valence-electron chi connectivity index (χ3n) is 4.40. The number of carbonyl (C=O) groups excluding carboxylic acids is 2. The molecule has 3 rings (SSSR count). The van der Waals surface area contributed by atoms with Gasteiger partial charge in [-0.25, -0.2) is 0 Å². The van der Waals surface area contributed by atoms with Crippen molar-refractivity contribution < 1.29 is 9.59 Å². The first-order valence-electron chi connectivity index (χ1n) is 8.09. The van der Waals surface area contributed by atoms with Crippen LogP contribution in [0.15, 0.2) is 47.4 Å². The van der Waals surface area contributed by atoms with Crippen molar-refractivity contribution in [1.82, 2.24) is 0 Å². The van der Waals surface area contributed by atoms with Gasteiger partial charge in [0.2, 0.25) is 11.8 Å². The summed E-state index contributed by atoms with van der Waals surface area (Å²) in [5, 5.41) is 2.90. The number of thioether (sulfide) groups is 1. The first-order chi connectivity index (χ1) is 12.0. The highest BCUT2D eigenvalue weighted by molar-refractivity contribution is 7.98. The fourth-order valence-corrected chi connectivity index (χ4v) is 3.31. The second-order valence-electron chi connectivity index (χ2n) is 6.17. The maximum absolute atomic E-state index is 12.6. The van der Waals surface area contributed by atoms with Gasteiger partial charge in [0.15, 0.2) is 0 Å². The first-order valence-corrected chi connectivity index (χ1v) is 9.32. The molecular weight excluding hydrogens is 370 g/mol. The van der Waals surface area contributed by atoms with Crippen LogP contribution in [0.25, 0.3) is 0 Å². The Morgan fingerprint density at radius 2 is 1.92 bits per heavy atom. The maximum Gasteiger partial charge on any atom is 0.229 e. The summed E-state index contributed by atoms with van der Waals surface area (Å²) in [4.78, 5) is 27.7. The van der Waals surface area contributed by atoms with Gasteiger partial charge in [0, 0.05) is 34.9 Å². The monoisotopic (exact) mass is 391 g/mol. The average molecular weight is 392 g/mol. The number of hydrogen-bond donors (Lipinski definition) is 2. The van der Waals surface area contributed by atoms with Crippen LogP contribution in [-0.2, 0) is 9.59 Å². The van der Waals surface area contributed by atoms with Crippen LogP contribution in [0, 0.1) is 12.8 Å². The smallest absolute Gasteiger partial charge is 0.229 e. The van der Waals surface area contributed by atoms with E-state index in [0.29, 0.717) is 17.9 Å². The van der Waals surface area contributed by atoms with Crippen LogP contribution in [0.2, 0.25) is 0 Å². The normalized spacial score (nSPS) is 16.3. The van der Waals surface area contributed by atoms with Crippen LogP contribution in [0.4, 0.5) is 17.1 Å². The highest BCUT2D eigenvalue weighted by Crippen LogP contribution is 2.28. The predicted octanol–water partition coefficient (Wildman–Crippen LogP) is 3.71. The Hall–Kier alpha value is -2.18. The number of benzene rings is 2. The molecule has 0 bridgehead atoms. The van der Waals surface area contributed by atoms with Crippen LogP contribution >= 0.6 is 24.2 Å². The molecule has 0 spiro atoms. The number of nitrogens with zero attached hydrogens (tertiary/aromatic N) is 1. The van der Waals surface area contributed by atoms with Crippen molar-refractivity contribution in [3.63, 3.8) is 0 Å². The molecule has 2 amide bonds. The molecule has 0 aromatic heterocycles. The van der Waals surface area contributed by atoms with Gasteiger partial charge >= 0.3 is 0 Å². The van der Waals surface area contributed by atoms with Crippen molar-refractivity contribution in [3.05, 3.63) is 48.0 Å². The highest BCUT2D eigenvalue weighted by Gasteiger charge is 2.35.